The van der Waals surface area contributed by atoms with Crippen LogP contribution in [0.25, 0.3) is 0 Å². The fraction of sp³-hybridized carbons (Fsp3) is 0.500. The Bertz CT molecular complexity index is 321. The number of carbonyl (C=O) groups is 1. The van der Waals surface area contributed by atoms with E-state index in [0.29, 0.717) is 24.6 Å². The molecule has 1 amide bonds. The third kappa shape index (κ3) is 1.49. The average Bonchev–Trinajstić information content (AvgIpc) is 2.71. The third-order valence-corrected chi connectivity index (χ3v) is 2.10. The number of nitrogens with one attached hydrogen (secondary N) is 1. The molecule has 1 aromatic rings. The van der Waals surface area contributed by atoms with Crippen molar-refractivity contribution >= 4 is 5.91 Å². The second-order valence-electron chi connectivity index (χ2n) is 2.98. The lowest BCUT2D eigenvalue weighted by Crippen LogP contribution is -2.13. The predicted molar refractivity (Wildman–Crippen MR) is 43.4 cm³/mol. The molecule has 5 nitrogen and oxygen atoms in total. The number of hydrogen-bond donors (Lipinski definition) is 1. The maximum atomic E-state index is 10.9. The van der Waals surface area contributed by atoms with Gasteiger partial charge in [0.2, 0.25) is 5.91 Å². The summed E-state index contributed by atoms with van der Waals surface area (Å²) >= 11 is 0. The molecule has 2 rings (SSSR count). The largest absolute Gasteiger partial charge is 0.479 e. The smallest absolute Gasteiger partial charge is 0.254 e. The first-order chi connectivity index (χ1) is 6.29. The lowest BCUT2D eigenvalue weighted by Gasteiger charge is -1.98. The normalized spacial score (nSPS) is 21.6. The fourth-order valence-corrected chi connectivity index (χ4v) is 1.37. The van der Waals surface area contributed by atoms with Gasteiger partial charge in [-0.2, -0.15) is 0 Å². The van der Waals surface area contributed by atoms with Crippen LogP contribution < -0.4 is 10.1 Å². The summed E-state index contributed by atoms with van der Waals surface area (Å²) in [5.41, 5.74) is 0. The Morgan fingerprint density at radius 2 is 2.62 bits per heavy atom. The van der Waals surface area contributed by atoms with E-state index in [0.717, 1.165) is 0 Å². The first-order valence-electron chi connectivity index (χ1n) is 4.07. The summed E-state index contributed by atoms with van der Waals surface area (Å²) in [7, 11) is 1.53. The molecule has 2 heterocycles. The molecular weight excluding hydrogens is 172 g/mol. The van der Waals surface area contributed by atoms with E-state index >= 15 is 0 Å². The van der Waals surface area contributed by atoms with Gasteiger partial charge >= 0.3 is 0 Å². The number of rotatable bonds is 2. The zero-order valence-electron chi connectivity index (χ0n) is 7.24. The SMILES string of the molecule is COc1cc(C2CNC(=O)C2)on1. The van der Waals surface area contributed by atoms with Gasteiger partial charge in [0.15, 0.2) is 0 Å². The van der Waals surface area contributed by atoms with Gasteiger partial charge in [-0.05, 0) is 5.16 Å². The van der Waals surface area contributed by atoms with Crippen molar-refractivity contribution in [2.24, 2.45) is 0 Å². The van der Waals surface area contributed by atoms with Crippen molar-refractivity contribution in [3.8, 4) is 5.88 Å². The number of amides is 1. The Morgan fingerprint density at radius 1 is 1.77 bits per heavy atom. The standard InChI is InChI=1S/C8H10N2O3/c1-12-8-3-6(13-10-8)5-2-7(11)9-4-5/h3,5H,2,4H2,1H3,(H,9,11). The molecule has 1 aliphatic heterocycles. The van der Waals surface area contributed by atoms with Crippen molar-refractivity contribution in [3.05, 3.63) is 11.8 Å². The van der Waals surface area contributed by atoms with Crippen molar-refractivity contribution < 1.29 is 14.1 Å². The molecule has 0 aromatic carbocycles. The van der Waals surface area contributed by atoms with Crippen molar-refractivity contribution in [1.82, 2.24) is 10.5 Å². The van der Waals surface area contributed by atoms with Crippen LogP contribution >= 0.6 is 0 Å². The van der Waals surface area contributed by atoms with E-state index in [9.17, 15) is 4.79 Å². The number of methoxy groups -OCH3 is 1. The van der Waals surface area contributed by atoms with Crippen LogP contribution in [0, 0.1) is 0 Å². The molecule has 1 N–H and O–H groups in total. The summed E-state index contributed by atoms with van der Waals surface area (Å²) in [6.45, 7) is 0.622. The van der Waals surface area contributed by atoms with E-state index in [1.165, 1.54) is 7.11 Å². The quantitative estimate of drug-likeness (QED) is 0.713. The molecule has 1 unspecified atom stereocenters. The highest BCUT2D eigenvalue weighted by Crippen LogP contribution is 2.25. The number of ether oxygens (including phenoxy) is 1. The molecule has 0 radical (unpaired) electrons. The molecule has 1 atom stereocenters. The van der Waals surface area contributed by atoms with Crippen LogP contribution in [0.3, 0.4) is 0 Å². The van der Waals surface area contributed by atoms with Crippen molar-refractivity contribution in [2.45, 2.75) is 12.3 Å². The monoisotopic (exact) mass is 182 g/mol. The molecule has 0 saturated carbocycles. The summed E-state index contributed by atoms with van der Waals surface area (Å²) in [6.07, 6.45) is 0.471. The zero-order chi connectivity index (χ0) is 9.26. The Kier molecular flexibility index (Phi) is 1.92. The van der Waals surface area contributed by atoms with Crippen molar-refractivity contribution in [1.29, 1.82) is 0 Å². The first kappa shape index (κ1) is 8.10. The Balaban J connectivity index is 2.12. The molecule has 0 aliphatic carbocycles. The van der Waals surface area contributed by atoms with E-state index in [4.69, 9.17) is 9.26 Å². The van der Waals surface area contributed by atoms with Crippen LogP contribution in [0.5, 0.6) is 5.88 Å². The molecule has 1 fully saturated rings. The minimum absolute atomic E-state index is 0.0559. The summed E-state index contributed by atoms with van der Waals surface area (Å²) < 4.78 is 9.89. The van der Waals surface area contributed by atoms with Gasteiger partial charge in [-0.25, -0.2) is 0 Å². The first-order valence-corrected chi connectivity index (χ1v) is 4.07. The van der Waals surface area contributed by atoms with Gasteiger partial charge in [0.25, 0.3) is 5.88 Å². The Hall–Kier alpha value is -1.52. The molecular formula is C8H10N2O3. The van der Waals surface area contributed by atoms with E-state index in [2.05, 4.69) is 10.5 Å². The van der Waals surface area contributed by atoms with E-state index < -0.39 is 0 Å². The molecule has 5 heteroatoms. The molecule has 0 bridgehead atoms. The van der Waals surface area contributed by atoms with Gasteiger partial charge in [-0.15, -0.1) is 0 Å². The van der Waals surface area contributed by atoms with Crippen LogP contribution in [0.1, 0.15) is 18.1 Å². The Labute approximate surface area is 75.0 Å². The Morgan fingerprint density at radius 3 is 3.15 bits per heavy atom. The summed E-state index contributed by atoms with van der Waals surface area (Å²) in [5.74, 6) is 1.31. The van der Waals surface area contributed by atoms with Crippen LogP contribution in [-0.2, 0) is 4.79 Å². The zero-order valence-corrected chi connectivity index (χ0v) is 7.24. The number of carbonyl (C=O) groups excluding carboxylic acids is 1. The highest BCUT2D eigenvalue weighted by molar-refractivity contribution is 5.79. The number of hydrogen-bond acceptors (Lipinski definition) is 4. The van der Waals surface area contributed by atoms with E-state index in [1.807, 2.05) is 0 Å². The lowest BCUT2D eigenvalue weighted by molar-refractivity contribution is -0.119. The molecule has 70 valence electrons. The third-order valence-electron chi connectivity index (χ3n) is 2.10. The number of aromatic nitrogens is 1. The number of nitrogens with zero attached hydrogens (tertiary/aromatic N) is 1. The minimum Gasteiger partial charge on any atom is -0.479 e. The maximum Gasteiger partial charge on any atom is 0.254 e. The summed E-state index contributed by atoms with van der Waals surface area (Å²) in [4.78, 5) is 10.9. The highest BCUT2D eigenvalue weighted by Gasteiger charge is 2.26. The maximum absolute atomic E-state index is 10.9. The van der Waals surface area contributed by atoms with Gasteiger partial charge in [-0.3, -0.25) is 4.79 Å². The minimum atomic E-state index is 0.0559. The molecule has 13 heavy (non-hydrogen) atoms. The molecule has 1 aromatic heterocycles. The van der Waals surface area contributed by atoms with Gasteiger partial charge in [-0.1, -0.05) is 0 Å². The van der Waals surface area contributed by atoms with Gasteiger partial charge in [0.05, 0.1) is 7.11 Å². The lowest BCUT2D eigenvalue weighted by atomic mass is 10.1. The predicted octanol–water partition coefficient (Wildman–Crippen LogP) is 0.287. The molecule has 0 spiro atoms. The second kappa shape index (κ2) is 3.08. The van der Waals surface area contributed by atoms with Crippen LogP contribution in [0.2, 0.25) is 0 Å². The van der Waals surface area contributed by atoms with E-state index in [1.54, 1.807) is 6.07 Å². The average molecular weight is 182 g/mol. The van der Waals surface area contributed by atoms with Crippen molar-refractivity contribution in [3.63, 3.8) is 0 Å². The van der Waals surface area contributed by atoms with Crippen LogP contribution in [-0.4, -0.2) is 24.7 Å². The van der Waals surface area contributed by atoms with Gasteiger partial charge < -0.3 is 14.6 Å². The van der Waals surface area contributed by atoms with Crippen LogP contribution in [0.15, 0.2) is 10.6 Å². The molecule has 1 aliphatic rings. The molecule has 1 saturated heterocycles. The van der Waals surface area contributed by atoms with Gasteiger partial charge in [0.1, 0.15) is 5.76 Å². The van der Waals surface area contributed by atoms with Crippen molar-refractivity contribution in [2.75, 3.05) is 13.7 Å². The fourth-order valence-electron chi connectivity index (χ4n) is 1.37. The van der Waals surface area contributed by atoms with Crippen LogP contribution in [0.4, 0.5) is 0 Å². The van der Waals surface area contributed by atoms with Gasteiger partial charge in [0, 0.05) is 24.9 Å². The second-order valence-corrected chi connectivity index (χ2v) is 2.98. The topological polar surface area (TPSA) is 64.4 Å². The highest BCUT2D eigenvalue weighted by atomic mass is 16.5. The van der Waals surface area contributed by atoms with E-state index in [-0.39, 0.29) is 11.8 Å². The summed E-state index contributed by atoms with van der Waals surface area (Å²) in [6, 6.07) is 1.71. The summed E-state index contributed by atoms with van der Waals surface area (Å²) in [5, 5.41) is 6.40.